The lowest BCUT2D eigenvalue weighted by Crippen LogP contribution is -2.41. The van der Waals surface area contributed by atoms with E-state index in [1.54, 1.807) is 0 Å². The molecule has 0 aliphatic rings. The summed E-state index contributed by atoms with van der Waals surface area (Å²) >= 11 is 0. The Balaban J connectivity index is 4.28. The van der Waals surface area contributed by atoms with Gasteiger partial charge in [-0.05, 0) is 13.3 Å². The monoisotopic (exact) mass is 214 g/mol. The van der Waals surface area contributed by atoms with Gasteiger partial charge in [0.1, 0.15) is 6.04 Å². The number of rotatable bonds is 6. The molecule has 0 aromatic heterocycles. The van der Waals surface area contributed by atoms with E-state index in [0.29, 0.717) is 0 Å². The van der Waals surface area contributed by atoms with Crippen LogP contribution in [0.4, 0.5) is 0 Å². The molecule has 6 nitrogen and oxygen atoms in total. The van der Waals surface area contributed by atoms with Crippen molar-refractivity contribution in [2.75, 3.05) is 0 Å². The highest BCUT2D eigenvalue weighted by Crippen LogP contribution is 1.99. The van der Waals surface area contributed by atoms with E-state index in [0.717, 1.165) is 0 Å². The molecule has 0 heterocycles. The van der Waals surface area contributed by atoms with Crippen LogP contribution in [0.5, 0.6) is 0 Å². The molecule has 0 aromatic rings. The zero-order chi connectivity index (χ0) is 12.0. The Hall–Kier alpha value is -1.85. The third kappa shape index (κ3) is 5.45. The van der Waals surface area contributed by atoms with Crippen molar-refractivity contribution in [3.8, 4) is 0 Å². The van der Waals surface area contributed by atoms with Gasteiger partial charge in [-0.2, -0.15) is 0 Å². The number of hydrogen-bond donors (Lipinski definition) is 3. The quantitative estimate of drug-likeness (QED) is 0.512. The van der Waals surface area contributed by atoms with Gasteiger partial charge in [-0.3, -0.25) is 9.59 Å². The Labute approximate surface area is 87.1 Å². The molecule has 0 radical (unpaired) electrons. The fourth-order valence-electron chi connectivity index (χ4n) is 0.825. The summed E-state index contributed by atoms with van der Waals surface area (Å²) in [6.45, 7) is 4.83. The van der Waals surface area contributed by atoms with Gasteiger partial charge in [0.15, 0.2) is 0 Å². The molecule has 1 unspecified atom stereocenters. The Bertz CT molecular complexity index is 298. The number of carbonyl (C=O) groups is 3. The topological polar surface area (TPSA) is 109 Å². The van der Waals surface area contributed by atoms with Crippen LogP contribution in [0.1, 0.15) is 19.8 Å². The van der Waals surface area contributed by atoms with Gasteiger partial charge in [-0.15, -0.1) is 0 Å². The van der Waals surface area contributed by atoms with Crippen LogP contribution in [0.25, 0.3) is 0 Å². The van der Waals surface area contributed by atoms with Crippen molar-refractivity contribution >= 4 is 17.8 Å². The fourth-order valence-corrected chi connectivity index (χ4v) is 0.825. The molecule has 0 saturated carbocycles. The molecule has 1 atom stereocenters. The summed E-state index contributed by atoms with van der Waals surface area (Å²) in [7, 11) is 0. The van der Waals surface area contributed by atoms with Crippen LogP contribution >= 0.6 is 0 Å². The zero-order valence-corrected chi connectivity index (χ0v) is 8.45. The summed E-state index contributed by atoms with van der Waals surface area (Å²) in [6, 6.07) is -1.11. The molecular formula is C9H14N2O4. The lowest BCUT2D eigenvalue weighted by Gasteiger charge is -2.13. The predicted molar refractivity (Wildman–Crippen MR) is 52.8 cm³/mol. The molecule has 0 aliphatic heterocycles. The molecule has 0 aliphatic carbocycles. The van der Waals surface area contributed by atoms with Crippen molar-refractivity contribution in [2.45, 2.75) is 25.8 Å². The summed E-state index contributed by atoms with van der Waals surface area (Å²) in [5, 5.41) is 10.9. The van der Waals surface area contributed by atoms with Crippen LogP contribution in [0.15, 0.2) is 12.2 Å². The van der Waals surface area contributed by atoms with Crippen molar-refractivity contribution < 1.29 is 19.5 Å². The minimum atomic E-state index is -1.20. The second-order valence-electron chi connectivity index (χ2n) is 3.15. The van der Waals surface area contributed by atoms with Crippen molar-refractivity contribution in [1.82, 2.24) is 5.32 Å². The first-order chi connectivity index (χ1) is 6.84. The molecule has 0 fully saturated rings. The van der Waals surface area contributed by atoms with E-state index in [1.165, 1.54) is 6.92 Å². The van der Waals surface area contributed by atoms with Crippen molar-refractivity contribution in [3.63, 3.8) is 0 Å². The van der Waals surface area contributed by atoms with Crippen LogP contribution in [0.2, 0.25) is 0 Å². The summed E-state index contributed by atoms with van der Waals surface area (Å²) in [4.78, 5) is 32.2. The highest BCUT2D eigenvalue weighted by atomic mass is 16.4. The van der Waals surface area contributed by atoms with Gasteiger partial charge in [0.2, 0.25) is 11.8 Å². The van der Waals surface area contributed by atoms with Gasteiger partial charge in [0.25, 0.3) is 0 Å². The van der Waals surface area contributed by atoms with E-state index in [2.05, 4.69) is 11.9 Å². The second-order valence-corrected chi connectivity index (χ2v) is 3.15. The molecular weight excluding hydrogens is 200 g/mol. The minimum absolute atomic E-state index is 0.0241. The van der Waals surface area contributed by atoms with Crippen molar-refractivity contribution in [1.29, 1.82) is 0 Å². The minimum Gasteiger partial charge on any atom is -0.480 e. The van der Waals surface area contributed by atoms with E-state index in [-0.39, 0.29) is 18.4 Å². The molecule has 0 rings (SSSR count). The summed E-state index contributed by atoms with van der Waals surface area (Å²) < 4.78 is 0. The maximum atomic E-state index is 11.1. The third-order valence-corrected chi connectivity index (χ3v) is 1.67. The van der Waals surface area contributed by atoms with Gasteiger partial charge in [0, 0.05) is 12.0 Å². The molecule has 0 spiro atoms. The van der Waals surface area contributed by atoms with Crippen LogP contribution < -0.4 is 11.1 Å². The third-order valence-electron chi connectivity index (χ3n) is 1.67. The average Bonchev–Trinajstić information content (AvgIpc) is 2.10. The molecule has 0 bridgehead atoms. The number of primary amides is 1. The number of carboxylic acids is 1. The number of nitrogens with two attached hydrogens (primary N) is 1. The summed E-state index contributed by atoms with van der Waals surface area (Å²) in [5.41, 5.74) is 5.08. The number of amides is 2. The standard InChI is InChI=1S/C9H14N2O4/c1-5(2)8(13)11-6(9(14)15)3-4-7(10)12/h6H,1,3-4H2,2H3,(H2,10,12)(H,11,13)(H,14,15). The van der Waals surface area contributed by atoms with E-state index < -0.39 is 23.8 Å². The van der Waals surface area contributed by atoms with Crippen LogP contribution in [0.3, 0.4) is 0 Å². The molecule has 15 heavy (non-hydrogen) atoms. The Kier molecular flexibility index (Phi) is 5.08. The highest BCUT2D eigenvalue weighted by molar-refractivity contribution is 5.94. The molecule has 0 aromatic carbocycles. The molecule has 2 amide bonds. The predicted octanol–water partition coefficient (Wildman–Crippen LogP) is -0.603. The first-order valence-electron chi connectivity index (χ1n) is 4.32. The molecule has 0 saturated heterocycles. The first kappa shape index (κ1) is 13.2. The largest absolute Gasteiger partial charge is 0.480 e. The number of carboxylic acid groups (broad SMARTS) is 1. The first-order valence-corrected chi connectivity index (χ1v) is 4.32. The summed E-state index contributed by atoms with van der Waals surface area (Å²) in [6.07, 6.45) is -0.114. The zero-order valence-electron chi connectivity index (χ0n) is 8.45. The Morgan fingerprint density at radius 1 is 1.47 bits per heavy atom. The Morgan fingerprint density at radius 2 is 2.00 bits per heavy atom. The van der Waals surface area contributed by atoms with E-state index >= 15 is 0 Å². The number of hydrogen-bond acceptors (Lipinski definition) is 3. The van der Waals surface area contributed by atoms with E-state index in [9.17, 15) is 14.4 Å². The maximum Gasteiger partial charge on any atom is 0.326 e. The summed E-state index contributed by atoms with van der Waals surface area (Å²) in [5.74, 6) is -2.36. The average molecular weight is 214 g/mol. The lowest BCUT2D eigenvalue weighted by atomic mass is 10.1. The smallest absolute Gasteiger partial charge is 0.326 e. The van der Waals surface area contributed by atoms with Gasteiger partial charge in [0.05, 0.1) is 0 Å². The molecule has 84 valence electrons. The SMILES string of the molecule is C=C(C)C(=O)NC(CCC(N)=O)C(=O)O. The van der Waals surface area contributed by atoms with Crippen LogP contribution in [-0.4, -0.2) is 28.9 Å². The van der Waals surface area contributed by atoms with Crippen LogP contribution in [-0.2, 0) is 14.4 Å². The van der Waals surface area contributed by atoms with Crippen molar-refractivity contribution in [3.05, 3.63) is 12.2 Å². The molecule has 4 N–H and O–H groups in total. The van der Waals surface area contributed by atoms with Crippen molar-refractivity contribution in [2.24, 2.45) is 5.73 Å². The van der Waals surface area contributed by atoms with Gasteiger partial charge >= 0.3 is 5.97 Å². The molecule has 6 heteroatoms. The number of aliphatic carboxylic acids is 1. The van der Waals surface area contributed by atoms with E-state index in [4.69, 9.17) is 10.8 Å². The second kappa shape index (κ2) is 5.79. The van der Waals surface area contributed by atoms with Crippen LogP contribution in [0, 0.1) is 0 Å². The van der Waals surface area contributed by atoms with Gasteiger partial charge in [-0.25, -0.2) is 4.79 Å². The lowest BCUT2D eigenvalue weighted by molar-refractivity contribution is -0.141. The Morgan fingerprint density at radius 3 is 2.33 bits per heavy atom. The van der Waals surface area contributed by atoms with E-state index in [1.807, 2.05) is 0 Å². The highest BCUT2D eigenvalue weighted by Gasteiger charge is 2.20. The maximum absolute atomic E-state index is 11.1. The van der Waals surface area contributed by atoms with Gasteiger partial charge < -0.3 is 16.2 Å². The fraction of sp³-hybridized carbons (Fsp3) is 0.444. The number of carbonyl (C=O) groups excluding carboxylic acids is 2. The van der Waals surface area contributed by atoms with Gasteiger partial charge in [-0.1, -0.05) is 6.58 Å². The normalized spacial score (nSPS) is 11.5. The number of nitrogens with one attached hydrogen (secondary N) is 1.